The maximum Gasteiger partial charge on any atom is 0.249 e. The van der Waals surface area contributed by atoms with Gasteiger partial charge in [-0.25, -0.2) is 13.9 Å². The van der Waals surface area contributed by atoms with Crippen molar-refractivity contribution in [3.05, 3.63) is 95.6 Å². The van der Waals surface area contributed by atoms with Crippen LogP contribution in [-0.4, -0.2) is 40.6 Å². The van der Waals surface area contributed by atoms with E-state index in [9.17, 15) is 14.1 Å². The molecule has 0 spiro atoms. The second-order valence-electron chi connectivity index (χ2n) is 11.2. The van der Waals surface area contributed by atoms with E-state index in [-0.39, 0.29) is 24.3 Å². The summed E-state index contributed by atoms with van der Waals surface area (Å²) in [5, 5.41) is 13.6. The summed E-state index contributed by atoms with van der Waals surface area (Å²) in [4.78, 5) is 19.0. The van der Waals surface area contributed by atoms with Crippen molar-refractivity contribution in [1.29, 1.82) is 0 Å². The van der Waals surface area contributed by atoms with Crippen LogP contribution >= 0.6 is 0 Å². The quantitative estimate of drug-likeness (QED) is 0.260. The van der Waals surface area contributed by atoms with Gasteiger partial charge < -0.3 is 10.4 Å². The smallest absolute Gasteiger partial charge is 0.249 e. The van der Waals surface area contributed by atoms with Crippen molar-refractivity contribution in [2.24, 2.45) is 28.7 Å². The van der Waals surface area contributed by atoms with Gasteiger partial charge in [-0.1, -0.05) is 75.4 Å². The molecule has 6 nitrogen and oxygen atoms in total. The molecule has 0 aliphatic heterocycles. The first-order chi connectivity index (χ1) is 19.3. The predicted octanol–water partition coefficient (Wildman–Crippen LogP) is 5.43. The third-order valence-electron chi connectivity index (χ3n) is 7.35. The van der Waals surface area contributed by atoms with Crippen molar-refractivity contribution in [1.82, 2.24) is 4.72 Å². The molecular weight excluding hydrogens is 518 g/mol. The van der Waals surface area contributed by atoms with Crippen LogP contribution in [-0.2, 0) is 28.6 Å². The number of aliphatic hydroxyl groups is 1. The normalized spacial score (nSPS) is 17.9. The van der Waals surface area contributed by atoms with Gasteiger partial charge in [-0.05, 0) is 72.1 Å². The van der Waals surface area contributed by atoms with E-state index in [2.05, 4.69) is 41.9 Å². The van der Waals surface area contributed by atoms with Crippen molar-refractivity contribution < 1.29 is 14.1 Å². The van der Waals surface area contributed by atoms with Crippen molar-refractivity contribution in [2.75, 3.05) is 25.0 Å². The van der Waals surface area contributed by atoms with Crippen LogP contribution in [0.1, 0.15) is 43.9 Å². The van der Waals surface area contributed by atoms with Gasteiger partial charge in [0.15, 0.2) is 0 Å². The molecular formula is C33H41N3O3S. The molecule has 4 atom stereocenters. The van der Waals surface area contributed by atoms with Crippen LogP contribution < -0.4 is 10.0 Å². The second kappa shape index (κ2) is 14.5. The number of anilines is 1. The summed E-state index contributed by atoms with van der Waals surface area (Å²) in [6, 6.07) is 25.6. The highest BCUT2D eigenvalue weighted by atomic mass is 32.2. The molecule has 0 aromatic heterocycles. The number of carbonyl (C=O) groups excluding carboxylic acids is 1. The first kappa shape index (κ1) is 29.8. The topological polar surface area (TPSA) is 90.8 Å². The van der Waals surface area contributed by atoms with E-state index < -0.39 is 16.9 Å². The number of hydrogen-bond acceptors (Lipinski definition) is 4. The van der Waals surface area contributed by atoms with E-state index in [0.717, 1.165) is 35.5 Å². The number of aliphatic imine (C=N–C) groups is 1. The number of nitrogens with zero attached hydrogens (tertiary/aromatic N) is 1. The zero-order chi connectivity index (χ0) is 28.5. The predicted molar refractivity (Wildman–Crippen MR) is 164 cm³/mol. The van der Waals surface area contributed by atoms with Gasteiger partial charge in [0.1, 0.15) is 11.0 Å². The molecule has 7 heteroatoms. The van der Waals surface area contributed by atoms with Crippen LogP contribution in [0.15, 0.2) is 88.8 Å². The van der Waals surface area contributed by atoms with Gasteiger partial charge in [0.05, 0.1) is 10.6 Å². The van der Waals surface area contributed by atoms with Crippen LogP contribution in [0.5, 0.6) is 0 Å². The van der Waals surface area contributed by atoms with Crippen LogP contribution in [0.3, 0.4) is 0 Å². The van der Waals surface area contributed by atoms with Gasteiger partial charge >= 0.3 is 0 Å². The Labute approximate surface area is 240 Å². The number of nitrogens with one attached hydrogen (secondary N) is 2. The van der Waals surface area contributed by atoms with Crippen LogP contribution in [0.2, 0.25) is 0 Å². The lowest BCUT2D eigenvalue weighted by atomic mass is 9.89. The molecule has 1 unspecified atom stereocenters. The van der Waals surface area contributed by atoms with Gasteiger partial charge in [-0.2, -0.15) is 0 Å². The van der Waals surface area contributed by atoms with Gasteiger partial charge in [0.2, 0.25) is 5.91 Å². The number of amides is 1. The zero-order valence-electron chi connectivity index (χ0n) is 23.7. The minimum absolute atomic E-state index is 0.114. The average Bonchev–Trinajstić information content (AvgIpc) is 3.28. The highest BCUT2D eigenvalue weighted by molar-refractivity contribution is 7.83. The van der Waals surface area contributed by atoms with E-state index in [1.807, 2.05) is 72.8 Å². The van der Waals surface area contributed by atoms with Gasteiger partial charge in [0, 0.05) is 37.2 Å². The summed E-state index contributed by atoms with van der Waals surface area (Å²) in [5.74, 6) is -0.0854. The molecule has 0 fully saturated rings. The van der Waals surface area contributed by atoms with Crippen LogP contribution in [0, 0.1) is 23.7 Å². The summed E-state index contributed by atoms with van der Waals surface area (Å²) in [7, 11) is -1.42. The number of carbonyl (C=O) groups is 1. The lowest BCUT2D eigenvalue weighted by molar-refractivity contribution is -0.122. The first-order valence-electron chi connectivity index (χ1n) is 14.2. The Hall–Kier alpha value is -3.13. The Bertz CT molecular complexity index is 1310. The molecule has 4 rings (SSSR count). The molecule has 40 heavy (non-hydrogen) atoms. The molecule has 1 aliphatic rings. The Balaban J connectivity index is 1.44. The average molecular weight is 560 g/mol. The molecule has 3 aromatic carbocycles. The van der Waals surface area contributed by atoms with E-state index in [1.165, 1.54) is 5.56 Å². The molecule has 0 heterocycles. The second-order valence-corrected chi connectivity index (χ2v) is 12.5. The van der Waals surface area contributed by atoms with Gasteiger partial charge in [-0.3, -0.25) is 4.79 Å². The Morgan fingerprint density at radius 3 is 2.40 bits per heavy atom. The van der Waals surface area contributed by atoms with Gasteiger partial charge in [-0.15, -0.1) is 0 Å². The maximum absolute atomic E-state index is 13.6. The fourth-order valence-electron chi connectivity index (χ4n) is 5.11. The summed E-state index contributed by atoms with van der Waals surface area (Å²) in [6.45, 7) is 7.50. The molecule has 0 bridgehead atoms. The first-order valence-corrected chi connectivity index (χ1v) is 15.3. The SMILES string of the molecule is CC(C)CNc1ccc(S(=O)NC[C@@H](CO)C[C@@H](Cc2ccccc2)C(=O)N=C2c3ccccc3C[C@H]2C)cc1. The molecule has 0 saturated heterocycles. The van der Waals surface area contributed by atoms with Gasteiger partial charge in [0.25, 0.3) is 0 Å². The maximum atomic E-state index is 13.6. The fourth-order valence-corrected chi connectivity index (χ4v) is 6.05. The zero-order valence-corrected chi connectivity index (χ0v) is 24.5. The molecule has 0 saturated carbocycles. The number of benzene rings is 3. The lowest BCUT2D eigenvalue weighted by Gasteiger charge is -2.21. The number of rotatable bonds is 13. The third kappa shape index (κ3) is 8.19. The summed E-state index contributed by atoms with van der Waals surface area (Å²) < 4.78 is 16.0. The molecule has 212 valence electrons. The Morgan fingerprint density at radius 2 is 1.70 bits per heavy atom. The summed E-state index contributed by atoms with van der Waals surface area (Å²) >= 11 is 0. The van der Waals surface area contributed by atoms with Crippen molar-refractivity contribution in [3.8, 4) is 0 Å². The summed E-state index contributed by atoms with van der Waals surface area (Å²) in [5.41, 5.74) is 5.18. The van der Waals surface area contributed by atoms with Crippen molar-refractivity contribution >= 4 is 28.3 Å². The number of fused-ring (bicyclic) bond motifs is 1. The number of aliphatic hydroxyl groups excluding tert-OH is 1. The van der Waals surface area contributed by atoms with Crippen LogP contribution in [0.4, 0.5) is 5.69 Å². The highest BCUT2D eigenvalue weighted by Gasteiger charge is 2.29. The molecule has 3 aromatic rings. The van der Waals surface area contributed by atoms with E-state index in [4.69, 9.17) is 0 Å². The van der Waals surface area contributed by atoms with Crippen LogP contribution in [0.25, 0.3) is 0 Å². The molecule has 1 aliphatic carbocycles. The Kier molecular flexibility index (Phi) is 10.8. The van der Waals surface area contributed by atoms with E-state index >= 15 is 0 Å². The fraction of sp³-hybridized carbons (Fsp3) is 0.394. The van der Waals surface area contributed by atoms with E-state index in [0.29, 0.717) is 30.2 Å². The van der Waals surface area contributed by atoms with E-state index in [1.54, 1.807) is 0 Å². The molecule has 0 radical (unpaired) electrons. The third-order valence-corrected chi connectivity index (χ3v) is 8.48. The van der Waals surface area contributed by atoms with Crippen molar-refractivity contribution in [2.45, 2.75) is 44.9 Å². The highest BCUT2D eigenvalue weighted by Crippen LogP contribution is 2.28. The Morgan fingerprint density at radius 1 is 1.00 bits per heavy atom. The standard InChI is InChI=1S/C33H41N3O3S/c1-23(2)20-34-29-13-15-30(16-14-29)40(39)35-21-26(22-37)19-28(18-25-9-5-4-6-10-25)33(38)36-32-24(3)17-27-11-7-8-12-31(27)32/h4-16,23-24,26,28,34-35,37H,17-22H2,1-3H3/t24-,26+,28-,40?/m1/s1. The lowest BCUT2D eigenvalue weighted by Crippen LogP contribution is -2.31. The molecule has 3 N–H and O–H groups in total. The minimum atomic E-state index is -1.42. The minimum Gasteiger partial charge on any atom is -0.396 e. The number of hydrogen-bond donors (Lipinski definition) is 3. The molecule has 1 amide bonds. The van der Waals surface area contributed by atoms with Crippen molar-refractivity contribution in [3.63, 3.8) is 0 Å². The monoisotopic (exact) mass is 559 g/mol. The largest absolute Gasteiger partial charge is 0.396 e. The summed E-state index contributed by atoms with van der Waals surface area (Å²) in [6.07, 6.45) is 1.87.